The lowest BCUT2D eigenvalue weighted by molar-refractivity contribution is -0.118. The van der Waals surface area contributed by atoms with Gasteiger partial charge < -0.3 is 10.6 Å². The van der Waals surface area contributed by atoms with Gasteiger partial charge in [-0.25, -0.2) is 4.98 Å². The number of amides is 1. The summed E-state index contributed by atoms with van der Waals surface area (Å²) < 4.78 is 0. The molecule has 0 aromatic carbocycles. The van der Waals surface area contributed by atoms with Crippen molar-refractivity contribution in [2.45, 2.75) is 31.9 Å². The Morgan fingerprint density at radius 3 is 3.25 bits per heavy atom. The van der Waals surface area contributed by atoms with E-state index in [9.17, 15) is 4.79 Å². The van der Waals surface area contributed by atoms with Crippen LogP contribution in [0.15, 0.2) is 5.38 Å². The summed E-state index contributed by atoms with van der Waals surface area (Å²) >= 11 is 3.30. The van der Waals surface area contributed by atoms with Gasteiger partial charge in [0.2, 0.25) is 5.91 Å². The van der Waals surface area contributed by atoms with Gasteiger partial charge in [0, 0.05) is 17.7 Å². The fourth-order valence-electron chi connectivity index (χ4n) is 2.36. The van der Waals surface area contributed by atoms with E-state index in [0.717, 1.165) is 48.4 Å². The Bertz CT molecular complexity index is 416. The van der Waals surface area contributed by atoms with Crippen LogP contribution in [0, 0.1) is 12.8 Å². The average Bonchev–Trinajstić information content (AvgIpc) is 2.86. The molecule has 1 unspecified atom stereocenters. The number of aromatic nitrogens is 1. The average molecular weight is 313 g/mol. The van der Waals surface area contributed by atoms with Gasteiger partial charge in [-0.2, -0.15) is 0 Å². The highest BCUT2D eigenvalue weighted by Gasteiger charge is 2.12. The Balaban J connectivity index is 1.51. The second kappa shape index (κ2) is 8.64. The van der Waals surface area contributed by atoms with Crippen LogP contribution >= 0.6 is 23.1 Å². The highest BCUT2D eigenvalue weighted by Crippen LogP contribution is 2.15. The van der Waals surface area contributed by atoms with Gasteiger partial charge in [-0.3, -0.25) is 4.79 Å². The second-order valence-corrected chi connectivity index (χ2v) is 7.25. The Morgan fingerprint density at radius 2 is 2.55 bits per heavy atom. The molecule has 1 atom stereocenters. The fourth-order valence-corrected chi connectivity index (χ4v) is 3.82. The summed E-state index contributed by atoms with van der Waals surface area (Å²) in [6.07, 6.45) is 3.65. The van der Waals surface area contributed by atoms with Crippen LogP contribution in [-0.4, -0.2) is 36.3 Å². The zero-order valence-electron chi connectivity index (χ0n) is 12.0. The number of aryl methyl sites for hydroxylation is 1. The third-order valence-electron chi connectivity index (χ3n) is 3.42. The molecule has 1 aromatic heterocycles. The van der Waals surface area contributed by atoms with Crippen molar-refractivity contribution < 1.29 is 4.79 Å². The van der Waals surface area contributed by atoms with Crippen LogP contribution in [0.25, 0.3) is 0 Å². The minimum atomic E-state index is 0.144. The lowest BCUT2D eigenvalue weighted by Gasteiger charge is -2.22. The summed E-state index contributed by atoms with van der Waals surface area (Å²) in [7, 11) is 0. The maximum atomic E-state index is 11.7. The predicted molar refractivity (Wildman–Crippen MR) is 86.2 cm³/mol. The molecule has 0 saturated carbocycles. The van der Waals surface area contributed by atoms with E-state index >= 15 is 0 Å². The molecule has 2 N–H and O–H groups in total. The normalized spacial score (nSPS) is 18.9. The Labute approximate surface area is 129 Å². The number of hydrogen-bond acceptors (Lipinski definition) is 5. The minimum Gasteiger partial charge on any atom is -0.355 e. The van der Waals surface area contributed by atoms with E-state index in [1.165, 1.54) is 12.8 Å². The van der Waals surface area contributed by atoms with Crippen LogP contribution in [0.3, 0.4) is 0 Å². The van der Waals surface area contributed by atoms with E-state index in [-0.39, 0.29) is 5.91 Å². The molecule has 4 nitrogen and oxygen atoms in total. The number of nitrogens with one attached hydrogen (secondary N) is 2. The smallest absolute Gasteiger partial charge is 0.230 e. The first-order valence-corrected chi connectivity index (χ1v) is 9.23. The lowest BCUT2D eigenvalue weighted by atomic mass is 9.96. The van der Waals surface area contributed by atoms with Crippen molar-refractivity contribution >= 4 is 29.0 Å². The molecule has 0 spiro atoms. The summed E-state index contributed by atoms with van der Waals surface area (Å²) in [6, 6.07) is 0. The highest BCUT2D eigenvalue weighted by molar-refractivity contribution is 7.99. The molecule has 2 heterocycles. The molecular formula is C14H23N3OS2. The first-order valence-electron chi connectivity index (χ1n) is 7.20. The number of piperidine rings is 1. The quantitative estimate of drug-likeness (QED) is 0.810. The van der Waals surface area contributed by atoms with Crippen LogP contribution in [0.4, 0.5) is 0 Å². The van der Waals surface area contributed by atoms with E-state index in [1.54, 1.807) is 23.1 Å². The molecule has 0 bridgehead atoms. The lowest BCUT2D eigenvalue weighted by Crippen LogP contribution is -2.33. The molecule has 20 heavy (non-hydrogen) atoms. The third-order valence-corrected chi connectivity index (χ3v) is 5.21. The van der Waals surface area contributed by atoms with Crippen molar-refractivity contribution in [2.75, 3.05) is 25.4 Å². The molecule has 0 radical (unpaired) electrons. The zero-order valence-corrected chi connectivity index (χ0v) is 13.6. The molecular weight excluding hydrogens is 290 g/mol. The first-order chi connectivity index (χ1) is 9.74. The zero-order chi connectivity index (χ0) is 14.2. The van der Waals surface area contributed by atoms with Crippen molar-refractivity contribution in [3.8, 4) is 0 Å². The van der Waals surface area contributed by atoms with Gasteiger partial charge in [0.05, 0.1) is 16.5 Å². The molecule has 1 saturated heterocycles. The number of nitrogens with zero attached hydrogens (tertiary/aromatic N) is 1. The summed E-state index contributed by atoms with van der Waals surface area (Å²) in [6.45, 7) is 5.07. The predicted octanol–water partition coefficient (Wildman–Crippen LogP) is 2.19. The van der Waals surface area contributed by atoms with Crippen LogP contribution in [0.5, 0.6) is 0 Å². The summed E-state index contributed by atoms with van der Waals surface area (Å²) in [5.74, 6) is 2.23. The van der Waals surface area contributed by atoms with Crippen LogP contribution < -0.4 is 10.6 Å². The Morgan fingerprint density at radius 1 is 1.65 bits per heavy atom. The largest absolute Gasteiger partial charge is 0.355 e. The molecule has 1 amide bonds. The van der Waals surface area contributed by atoms with E-state index in [4.69, 9.17) is 0 Å². The van der Waals surface area contributed by atoms with E-state index in [1.807, 2.05) is 6.92 Å². The topological polar surface area (TPSA) is 54.0 Å². The van der Waals surface area contributed by atoms with Crippen molar-refractivity contribution in [3.05, 3.63) is 16.1 Å². The molecule has 1 aromatic rings. The van der Waals surface area contributed by atoms with Crippen molar-refractivity contribution in [3.63, 3.8) is 0 Å². The van der Waals surface area contributed by atoms with Crippen molar-refractivity contribution in [2.24, 2.45) is 5.92 Å². The molecule has 2 rings (SSSR count). The van der Waals surface area contributed by atoms with Crippen molar-refractivity contribution in [1.82, 2.24) is 15.6 Å². The molecule has 1 fully saturated rings. The monoisotopic (exact) mass is 313 g/mol. The van der Waals surface area contributed by atoms with E-state index < -0.39 is 0 Å². The number of rotatable bonds is 7. The molecule has 6 heteroatoms. The number of carbonyl (C=O) groups is 1. The van der Waals surface area contributed by atoms with Gasteiger partial charge in [-0.15, -0.1) is 23.1 Å². The minimum absolute atomic E-state index is 0.144. The van der Waals surface area contributed by atoms with Gasteiger partial charge in [0.25, 0.3) is 0 Å². The molecule has 1 aliphatic heterocycles. The van der Waals surface area contributed by atoms with Gasteiger partial charge >= 0.3 is 0 Å². The van der Waals surface area contributed by atoms with Crippen LogP contribution in [-0.2, 0) is 10.5 Å². The summed E-state index contributed by atoms with van der Waals surface area (Å²) in [4.78, 5) is 16.1. The van der Waals surface area contributed by atoms with Gasteiger partial charge in [-0.1, -0.05) is 0 Å². The van der Waals surface area contributed by atoms with E-state index in [0.29, 0.717) is 5.75 Å². The van der Waals surface area contributed by atoms with Crippen LogP contribution in [0.1, 0.15) is 30.0 Å². The standard InChI is InChI=1S/C14H23N3OS2/c1-11-17-13(9-20-11)8-19-10-14(18)16-6-4-12-3-2-5-15-7-12/h9,12,15H,2-8,10H2,1H3,(H,16,18). The molecule has 0 aliphatic carbocycles. The number of thiazole rings is 1. The van der Waals surface area contributed by atoms with E-state index in [2.05, 4.69) is 21.0 Å². The maximum absolute atomic E-state index is 11.7. The Hall–Kier alpha value is -0.590. The van der Waals surface area contributed by atoms with Gasteiger partial charge in [0.1, 0.15) is 0 Å². The van der Waals surface area contributed by atoms with Gasteiger partial charge in [-0.05, 0) is 45.2 Å². The second-order valence-electron chi connectivity index (χ2n) is 5.20. The Kier molecular flexibility index (Phi) is 6.82. The molecule has 1 aliphatic rings. The van der Waals surface area contributed by atoms with Crippen molar-refractivity contribution in [1.29, 1.82) is 0 Å². The molecule has 112 valence electrons. The summed E-state index contributed by atoms with van der Waals surface area (Å²) in [5, 5.41) is 9.58. The maximum Gasteiger partial charge on any atom is 0.230 e. The number of thioether (sulfide) groups is 1. The fraction of sp³-hybridized carbons (Fsp3) is 0.714. The summed E-state index contributed by atoms with van der Waals surface area (Å²) in [5.41, 5.74) is 1.08. The number of hydrogen-bond donors (Lipinski definition) is 2. The first kappa shape index (κ1) is 15.8. The van der Waals surface area contributed by atoms with Gasteiger partial charge in [0.15, 0.2) is 0 Å². The van der Waals surface area contributed by atoms with Crippen LogP contribution in [0.2, 0.25) is 0 Å². The highest BCUT2D eigenvalue weighted by atomic mass is 32.2. The SMILES string of the molecule is Cc1nc(CSCC(=O)NCCC2CCCNC2)cs1. The number of carbonyl (C=O) groups excluding carboxylic acids is 1. The third kappa shape index (κ3) is 5.81.